The van der Waals surface area contributed by atoms with E-state index in [0.717, 1.165) is 47.6 Å². The molecule has 1 aliphatic heterocycles. The van der Waals surface area contributed by atoms with Gasteiger partial charge in [0.1, 0.15) is 5.78 Å². The number of hydrogen-bond acceptors (Lipinski definition) is 6. The molecule has 0 aliphatic carbocycles. The highest BCUT2D eigenvalue weighted by atomic mass is 32.1. The van der Waals surface area contributed by atoms with Gasteiger partial charge in [-0.25, -0.2) is 4.98 Å². The van der Waals surface area contributed by atoms with Crippen molar-refractivity contribution in [3.8, 4) is 0 Å². The van der Waals surface area contributed by atoms with Gasteiger partial charge < -0.3 is 5.32 Å². The second kappa shape index (κ2) is 15.4. The number of Topliss-reactive ketones (excluding diaryl/α,β-unsaturated/α-hetero) is 2. The van der Waals surface area contributed by atoms with Crippen molar-refractivity contribution in [2.45, 2.75) is 97.9 Å². The largest absolute Gasteiger partial charge is 0.353 e. The summed E-state index contributed by atoms with van der Waals surface area (Å²) in [6, 6.07) is 6.18. The number of nitrogens with one attached hydrogen (secondary N) is 1. The Morgan fingerprint density at radius 3 is 2.54 bits per heavy atom. The van der Waals surface area contributed by atoms with Crippen LogP contribution in [0.15, 0.2) is 30.4 Å². The normalized spacial score (nSPS) is 16.2. The van der Waals surface area contributed by atoms with E-state index in [0.29, 0.717) is 37.8 Å². The molecule has 0 unspecified atom stereocenters. The van der Waals surface area contributed by atoms with E-state index in [1.807, 2.05) is 13.0 Å². The van der Waals surface area contributed by atoms with Gasteiger partial charge in [-0.2, -0.15) is 0 Å². The van der Waals surface area contributed by atoms with Gasteiger partial charge in [-0.3, -0.25) is 19.3 Å². The van der Waals surface area contributed by atoms with Crippen LogP contribution in [0, 0.1) is 11.8 Å². The summed E-state index contributed by atoms with van der Waals surface area (Å²) in [4.78, 5) is 46.2. The smallest absolute Gasteiger partial charge is 0.224 e. The minimum Gasteiger partial charge on any atom is -0.353 e. The molecule has 7 heteroatoms. The second-order valence-electron chi connectivity index (χ2n) is 11.2. The molecule has 1 saturated heterocycles. The molecule has 214 valence electrons. The first-order valence-electron chi connectivity index (χ1n) is 14.9. The lowest BCUT2D eigenvalue weighted by Crippen LogP contribution is -2.43. The number of benzene rings is 1. The molecule has 39 heavy (non-hydrogen) atoms. The van der Waals surface area contributed by atoms with E-state index < -0.39 is 5.92 Å². The van der Waals surface area contributed by atoms with Crippen molar-refractivity contribution in [1.29, 1.82) is 0 Å². The molecule has 6 nitrogen and oxygen atoms in total. The van der Waals surface area contributed by atoms with Gasteiger partial charge in [-0.15, -0.1) is 11.3 Å². The van der Waals surface area contributed by atoms with Crippen LogP contribution in [0.25, 0.3) is 10.2 Å². The van der Waals surface area contributed by atoms with Crippen LogP contribution in [0.2, 0.25) is 0 Å². The fourth-order valence-corrected chi connectivity index (χ4v) is 6.41. The zero-order valence-electron chi connectivity index (χ0n) is 24.4. The van der Waals surface area contributed by atoms with E-state index in [9.17, 15) is 14.4 Å². The fraction of sp³-hybridized carbons (Fsp3) is 0.625. The lowest BCUT2D eigenvalue weighted by Gasteiger charge is -2.27. The van der Waals surface area contributed by atoms with E-state index >= 15 is 0 Å². The van der Waals surface area contributed by atoms with Crippen molar-refractivity contribution in [1.82, 2.24) is 15.2 Å². The Labute approximate surface area is 238 Å². The van der Waals surface area contributed by atoms with Gasteiger partial charge >= 0.3 is 0 Å². The number of thiazole rings is 1. The molecule has 1 aliphatic rings. The van der Waals surface area contributed by atoms with Crippen LogP contribution in [0.3, 0.4) is 0 Å². The number of ketones is 2. The van der Waals surface area contributed by atoms with Crippen LogP contribution in [0.5, 0.6) is 0 Å². The van der Waals surface area contributed by atoms with Crippen molar-refractivity contribution in [3.63, 3.8) is 0 Å². The number of carbonyl (C=O) groups excluding carboxylic acids is 3. The molecule has 2 heterocycles. The summed E-state index contributed by atoms with van der Waals surface area (Å²) in [5.74, 6) is -0.166. The third kappa shape index (κ3) is 9.35. The van der Waals surface area contributed by atoms with Crippen molar-refractivity contribution < 1.29 is 14.4 Å². The first-order chi connectivity index (χ1) is 18.7. The summed E-state index contributed by atoms with van der Waals surface area (Å²) in [6.07, 6.45) is 7.09. The van der Waals surface area contributed by atoms with Crippen LogP contribution >= 0.6 is 11.3 Å². The Balaban J connectivity index is 1.68. The number of rotatable bonds is 17. The minimum absolute atomic E-state index is 0.0834. The molecule has 1 N–H and O–H groups in total. The number of hydrogen-bond donors (Lipinski definition) is 1. The fourth-order valence-electron chi connectivity index (χ4n) is 5.29. The monoisotopic (exact) mass is 553 g/mol. The molecule has 1 aromatic carbocycles. The molecule has 3 rings (SSSR count). The maximum Gasteiger partial charge on any atom is 0.224 e. The highest BCUT2D eigenvalue weighted by Gasteiger charge is 2.28. The van der Waals surface area contributed by atoms with Crippen LogP contribution in [0.1, 0.15) is 89.6 Å². The number of carbonyl (C=O) groups is 3. The van der Waals surface area contributed by atoms with Gasteiger partial charge in [0.05, 0.1) is 21.1 Å². The van der Waals surface area contributed by atoms with Gasteiger partial charge in [0, 0.05) is 43.8 Å². The summed E-state index contributed by atoms with van der Waals surface area (Å²) in [6.45, 7) is 15.1. The van der Waals surface area contributed by atoms with Crippen LogP contribution < -0.4 is 5.32 Å². The Morgan fingerprint density at radius 1 is 1.13 bits per heavy atom. The third-order valence-electron chi connectivity index (χ3n) is 8.05. The average Bonchev–Trinajstić information content (AvgIpc) is 3.58. The molecule has 1 aromatic heterocycles. The van der Waals surface area contributed by atoms with Gasteiger partial charge in [0.25, 0.3) is 0 Å². The highest BCUT2D eigenvalue weighted by Crippen LogP contribution is 2.27. The number of likely N-dealkylation sites (tertiary alicyclic amines) is 1. The number of nitrogens with zero attached hydrogens (tertiary/aromatic N) is 2. The Hall–Kier alpha value is -2.38. The molecular weight excluding hydrogens is 506 g/mol. The van der Waals surface area contributed by atoms with E-state index in [1.165, 1.54) is 18.4 Å². The number of fused-ring (bicyclic) bond motifs is 1. The van der Waals surface area contributed by atoms with E-state index in [2.05, 4.69) is 49.7 Å². The molecule has 1 fully saturated rings. The van der Waals surface area contributed by atoms with Gasteiger partial charge in [0.2, 0.25) is 5.91 Å². The maximum atomic E-state index is 13.6. The lowest BCUT2D eigenvalue weighted by molar-refractivity contribution is -0.130. The molecule has 0 radical (unpaired) electrons. The number of aromatic nitrogens is 1. The number of amides is 1. The van der Waals surface area contributed by atoms with Crippen LogP contribution in [0.4, 0.5) is 0 Å². The average molecular weight is 554 g/mol. The van der Waals surface area contributed by atoms with Crippen molar-refractivity contribution >= 4 is 39.0 Å². The van der Waals surface area contributed by atoms with Crippen molar-refractivity contribution in [3.05, 3.63) is 40.9 Å². The molecule has 2 aromatic rings. The zero-order valence-corrected chi connectivity index (χ0v) is 25.2. The summed E-state index contributed by atoms with van der Waals surface area (Å²) >= 11 is 1.61. The molecule has 0 spiro atoms. The first-order valence-corrected chi connectivity index (χ1v) is 15.7. The molecule has 0 bridgehead atoms. The van der Waals surface area contributed by atoms with E-state index in [4.69, 9.17) is 4.98 Å². The SMILES string of the molecule is C=C(CN1CCCC1)C(=O)CC[C@@H](NC(=O)[C@@H](CC(=O)CCC)Cc1nc2ccc(CC)cc2s1)[C@@H](C)CC. The van der Waals surface area contributed by atoms with Crippen molar-refractivity contribution in [2.75, 3.05) is 19.6 Å². The minimum atomic E-state index is -0.470. The highest BCUT2D eigenvalue weighted by molar-refractivity contribution is 7.18. The molecule has 3 atom stereocenters. The first kappa shape index (κ1) is 31.2. The summed E-state index contributed by atoms with van der Waals surface area (Å²) in [5, 5.41) is 4.13. The topological polar surface area (TPSA) is 79.4 Å². The Kier molecular flexibility index (Phi) is 12.3. The zero-order chi connectivity index (χ0) is 28.4. The van der Waals surface area contributed by atoms with Gasteiger partial charge in [0.15, 0.2) is 5.78 Å². The van der Waals surface area contributed by atoms with Crippen molar-refractivity contribution in [2.24, 2.45) is 11.8 Å². The lowest BCUT2D eigenvalue weighted by atomic mass is 9.91. The summed E-state index contributed by atoms with van der Waals surface area (Å²) in [7, 11) is 0. The van der Waals surface area contributed by atoms with Gasteiger partial charge in [-0.05, 0) is 68.8 Å². The Morgan fingerprint density at radius 2 is 1.87 bits per heavy atom. The Bertz CT molecular complexity index is 1130. The van der Waals surface area contributed by atoms with Crippen LogP contribution in [-0.2, 0) is 27.2 Å². The van der Waals surface area contributed by atoms with Gasteiger partial charge in [-0.1, -0.05) is 46.8 Å². The number of aryl methyl sites for hydroxylation is 1. The van der Waals surface area contributed by atoms with Crippen LogP contribution in [-0.4, -0.2) is 53.0 Å². The quantitative estimate of drug-likeness (QED) is 0.232. The standard InChI is InChI=1S/C32H47N3O3S/c1-6-11-26(36)19-25(20-31-33-28-13-12-24(8-3)18-30(28)39-31)32(38)34-27(22(4)7-2)14-15-29(37)23(5)21-35-16-9-10-17-35/h12-13,18,22,25,27H,5-11,14-17,19-21H2,1-4H3,(H,34,38)/t22-,25-,27+/m0/s1. The third-order valence-corrected chi connectivity index (χ3v) is 9.09. The molecular formula is C32H47N3O3S. The maximum absolute atomic E-state index is 13.6. The van der Waals surface area contributed by atoms with E-state index in [1.54, 1.807) is 11.3 Å². The summed E-state index contributed by atoms with van der Waals surface area (Å²) in [5.41, 5.74) is 2.87. The second-order valence-corrected chi connectivity index (χ2v) is 12.3. The predicted octanol–water partition coefficient (Wildman–Crippen LogP) is 6.31. The van der Waals surface area contributed by atoms with E-state index in [-0.39, 0.29) is 35.9 Å². The summed E-state index contributed by atoms with van der Waals surface area (Å²) < 4.78 is 1.12. The molecule has 1 amide bonds. The predicted molar refractivity (Wildman–Crippen MR) is 161 cm³/mol. The molecule has 0 saturated carbocycles.